The first-order chi connectivity index (χ1) is 13.7. The molecule has 0 saturated heterocycles. The molecule has 1 aliphatic rings. The fourth-order valence-electron chi connectivity index (χ4n) is 3.92. The van der Waals surface area contributed by atoms with Gasteiger partial charge in [-0.15, -0.1) is 0 Å². The summed E-state index contributed by atoms with van der Waals surface area (Å²) >= 11 is 0. The first-order valence-electron chi connectivity index (χ1n) is 9.84. The van der Waals surface area contributed by atoms with Crippen LogP contribution >= 0.6 is 0 Å². The molecule has 28 heavy (non-hydrogen) atoms. The zero-order chi connectivity index (χ0) is 19.5. The van der Waals surface area contributed by atoms with Crippen LogP contribution in [-0.4, -0.2) is 48.7 Å². The van der Waals surface area contributed by atoms with Gasteiger partial charge in [0.25, 0.3) is 0 Å². The summed E-state index contributed by atoms with van der Waals surface area (Å²) in [5.74, 6) is 1.45. The van der Waals surface area contributed by atoms with Gasteiger partial charge in [0.2, 0.25) is 0 Å². The van der Waals surface area contributed by atoms with E-state index >= 15 is 0 Å². The van der Waals surface area contributed by atoms with Crippen LogP contribution < -0.4 is 9.47 Å². The van der Waals surface area contributed by atoms with Crippen LogP contribution in [0.4, 0.5) is 0 Å². The maximum Gasteiger partial charge on any atom is 0.161 e. The standard InChI is InChI=1S/C23H27N3O2/c1-4-9-26-10-7-16(8-11-26)20-15-25-23-19(20)12-18(14-24-23)17-5-6-21(27-2)22(13-17)28-3/h5-7,12-15H,4,8-11H2,1-3H3,(H,24,25). The first kappa shape index (κ1) is 18.6. The minimum atomic E-state index is 0.723. The lowest BCUT2D eigenvalue weighted by Crippen LogP contribution is -2.29. The van der Waals surface area contributed by atoms with E-state index in [1.165, 1.54) is 29.5 Å². The molecule has 0 fully saturated rings. The van der Waals surface area contributed by atoms with Crippen molar-refractivity contribution >= 4 is 16.6 Å². The lowest BCUT2D eigenvalue weighted by molar-refractivity contribution is 0.302. The number of aromatic amines is 1. The lowest BCUT2D eigenvalue weighted by atomic mass is 9.98. The fourth-order valence-corrected chi connectivity index (χ4v) is 3.92. The number of rotatable bonds is 6. The number of nitrogens with zero attached hydrogens (tertiary/aromatic N) is 2. The van der Waals surface area contributed by atoms with E-state index in [1.807, 2.05) is 24.4 Å². The molecule has 0 unspecified atom stereocenters. The highest BCUT2D eigenvalue weighted by atomic mass is 16.5. The van der Waals surface area contributed by atoms with Crippen molar-refractivity contribution < 1.29 is 9.47 Å². The van der Waals surface area contributed by atoms with Gasteiger partial charge in [-0.25, -0.2) is 4.98 Å². The van der Waals surface area contributed by atoms with Gasteiger partial charge in [0.1, 0.15) is 5.65 Å². The monoisotopic (exact) mass is 377 g/mol. The normalized spacial score (nSPS) is 14.9. The van der Waals surface area contributed by atoms with Crippen LogP contribution in [0, 0.1) is 0 Å². The zero-order valence-corrected chi connectivity index (χ0v) is 16.8. The van der Waals surface area contributed by atoms with E-state index in [-0.39, 0.29) is 0 Å². The second-order valence-electron chi connectivity index (χ2n) is 7.17. The van der Waals surface area contributed by atoms with E-state index in [9.17, 15) is 0 Å². The first-order valence-corrected chi connectivity index (χ1v) is 9.84. The Bertz CT molecular complexity index is 1010. The Morgan fingerprint density at radius 3 is 2.68 bits per heavy atom. The van der Waals surface area contributed by atoms with Crippen molar-refractivity contribution in [3.8, 4) is 22.6 Å². The van der Waals surface area contributed by atoms with Crippen LogP contribution in [0.1, 0.15) is 25.3 Å². The Labute approximate surface area is 166 Å². The Balaban J connectivity index is 1.69. The van der Waals surface area contributed by atoms with Crippen molar-refractivity contribution in [2.75, 3.05) is 33.9 Å². The smallest absolute Gasteiger partial charge is 0.161 e. The van der Waals surface area contributed by atoms with Crippen LogP contribution in [0.15, 0.2) is 42.7 Å². The maximum atomic E-state index is 5.45. The molecular formula is C23H27N3O2. The molecule has 1 aliphatic heterocycles. The molecular weight excluding hydrogens is 350 g/mol. The van der Waals surface area contributed by atoms with E-state index in [0.717, 1.165) is 47.8 Å². The Hall–Kier alpha value is -2.79. The predicted molar refractivity (Wildman–Crippen MR) is 114 cm³/mol. The van der Waals surface area contributed by atoms with E-state index < -0.39 is 0 Å². The van der Waals surface area contributed by atoms with Crippen LogP contribution in [0.25, 0.3) is 27.7 Å². The number of pyridine rings is 1. The highest BCUT2D eigenvalue weighted by molar-refractivity contribution is 5.93. The van der Waals surface area contributed by atoms with Gasteiger partial charge in [-0.3, -0.25) is 4.90 Å². The molecule has 5 nitrogen and oxygen atoms in total. The van der Waals surface area contributed by atoms with Crippen molar-refractivity contribution in [3.05, 3.63) is 48.3 Å². The number of fused-ring (bicyclic) bond motifs is 1. The molecule has 0 spiro atoms. The third-order valence-corrected chi connectivity index (χ3v) is 5.43. The number of ether oxygens (including phenoxy) is 2. The van der Waals surface area contributed by atoms with Crippen molar-refractivity contribution in [1.29, 1.82) is 0 Å². The van der Waals surface area contributed by atoms with Gasteiger partial charge in [-0.2, -0.15) is 0 Å². The quantitative estimate of drug-likeness (QED) is 0.674. The summed E-state index contributed by atoms with van der Waals surface area (Å²) in [6.07, 6.45) is 8.65. The molecule has 0 saturated carbocycles. The minimum absolute atomic E-state index is 0.723. The molecule has 5 heteroatoms. The number of nitrogens with one attached hydrogen (secondary N) is 1. The molecule has 0 atom stereocenters. The summed E-state index contributed by atoms with van der Waals surface area (Å²) in [6, 6.07) is 8.19. The maximum absolute atomic E-state index is 5.45. The molecule has 2 aromatic heterocycles. The van der Waals surface area contributed by atoms with Gasteiger partial charge in [0, 0.05) is 42.0 Å². The SMILES string of the molecule is CCCN1CC=C(c2c[nH]c3ncc(-c4ccc(OC)c(OC)c4)cc23)CC1. The number of hydrogen-bond acceptors (Lipinski definition) is 4. The average Bonchev–Trinajstić information content (AvgIpc) is 3.17. The van der Waals surface area contributed by atoms with Gasteiger partial charge < -0.3 is 14.5 Å². The van der Waals surface area contributed by atoms with Crippen LogP contribution in [0.2, 0.25) is 0 Å². The van der Waals surface area contributed by atoms with Crippen LogP contribution in [0.5, 0.6) is 11.5 Å². The van der Waals surface area contributed by atoms with Gasteiger partial charge in [-0.05, 0) is 48.7 Å². The summed E-state index contributed by atoms with van der Waals surface area (Å²) in [4.78, 5) is 10.5. The molecule has 3 aromatic rings. The zero-order valence-electron chi connectivity index (χ0n) is 16.8. The number of benzene rings is 1. The molecule has 0 bridgehead atoms. The molecule has 4 rings (SSSR count). The topological polar surface area (TPSA) is 50.4 Å². The van der Waals surface area contributed by atoms with Gasteiger partial charge >= 0.3 is 0 Å². The van der Waals surface area contributed by atoms with E-state index in [2.05, 4.69) is 40.1 Å². The number of methoxy groups -OCH3 is 2. The van der Waals surface area contributed by atoms with Crippen LogP contribution in [-0.2, 0) is 0 Å². The van der Waals surface area contributed by atoms with Gasteiger partial charge in [-0.1, -0.05) is 19.1 Å². The highest BCUT2D eigenvalue weighted by Crippen LogP contribution is 2.35. The summed E-state index contributed by atoms with van der Waals surface area (Å²) in [6.45, 7) is 5.55. The molecule has 0 amide bonds. The van der Waals surface area contributed by atoms with E-state index in [0.29, 0.717) is 0 Å². The van der Waals surface area contributed by atoms with Crippen molar-refractivity contribution in [1.82, 2.24) is 14.9 Å². The summed E-state index contributed by atoms with van der Waals surface area (Å²) in [5.41, 5.74) is 5.73. The molecule has 146 valence electrons. The Morgan fingerprint density at radius 2 is 1.96 bits per heavy atom. The number of hydrogen-bond donors (Lipinski definition) is 1. The largest absolute Gasteiger partial charge is 0.493 e. The Kier molecular flexibility index (Phi) is 5.35. The third-order valence-electron chi connectivity index (χ3n) is 5.43. The average molecular weight is 377 g/mol. The second-order valence-corrected chi connectivity index (χ2v) is 7.17. The number of H-pyrrole nitrogens is 1. The highest BCUT2D eigenvalue weighted by Gasteiger charge is 2.16. The van der Waals surface area contributed by atoms with E-state index in [1.54, 1.807) is 14.2 Å². The van der Waals surface area contributed by atoms with Crippen molar-refractivity contribution in [3.63, 3.8) is 0 Å². The minimum Gasteiger partial charge on any atom is -0.493 e. The molecule has 0 radical (unpaired) electrons. The summed E-state index contributed by atoms with van der Waals surface area (Å²) in [5, 5.41) is 1.17. The van der Waals surface area contributed by atoms with Gasteiger partial charge in [0.15, 0.2) is 11.5 Å². The summed E-state index contributed by atoms with van der Waals surface area (Å²) < 4.78 is 10.8. The predicted octanol–water partition coefficient (Wildman–Crippen LogP) is 4.75. The third kappa shape index (κ3) is 3.50. The van der Waals surface area contributed by atoms with Crippen molar-refractivity contribution in [2.24, 2.45) is 0 Å². The Morgan fingerprint density at radius 1 is 1.11 bits per heavy atom. The number of aromatic nitrogens is 2. The van der Waals surface area contributed by atoms with Gasteiger partial charge in [0.05, 0.1) is 14.2 Å². The van der Waals surface area contributed by atoms with Crippen molar-refractivity contribution in [2.45, 2.75) is 19.8 Å². The van der Waals surface area contributed by atoms with E-state index in [4.69, 9.17) is 9.47 Å². The van der Waals surface area contributed by atoms with Crippen LogP contribution in [0.3, 0.4) is 0 Å². The second kappa shape index (κ2) is 8.07. The summed E-state index contributed by atoms with van der Waals surface area (Å²) in [7, 11) is 3.31. The molecule has 3 heterocycles. The fraction of sp³-hybridized carbons (Fsp3) is 0.348. The molecule has 1 aromatic carbocycles. The molecule has 1 N–H and O–H groups in total. The molecule has 0 aliphatic carbocycles. The lowest BCUT2D eigenvalue weighted by Gasteiger charge is -2.25.